The fourth-order valence-electron chi connectivity index (χ4n) is 1.67. The highest BCUT2D eigenvalue weighted by Gasteiger charge is 2.10. The minimum absolute atomic E-state index is 0.0387. The Bertz CT molecular complexity index is 619. The fraction of sp³-hybridized carbons (Fsp3) is 0.300. The second-order valence-corrected chi connectivity index (χ2v) is 7.25. The molecule has 0 aliphatic carbocycles. The third-order valence-corrected chi connectivity index (χ3v) is 4.43. The Morgan fingerprint density at radius 3 is 2.88 bits per heavy atom. The van der Waals surface area contributed by atoms with Crippen LogP contribution in [0, 0.1) is 6.92 Å². The van der Waals surface area contributed by atoms with Crippen molar-refractivity contribution in [2.45, 2.75) is 13.3 Å². The van der Waals surface area contributed by atoms with Crippen LogP contribution in [0.25, 0.3) is 10.1 Å². The molecule has 2 rings (SSSR count). The Balaban J connectivity index is 2.40. The van der Waals surface area contributed by atoms with Crippen molar-refractivity contribution in [3.05, 3.63) is 29.5 Å². The van der Waals surface area contributed by atoms with E-state index in [1.54, 1.807) is 0 Å². The van der Waals surface area contributed by atoms with Gasteiger partial charge >= 0.3 is 0 Å². The van der Waals surface area contributed by atoms with Crippen LogP contribution in [0.4, 0.5) is 0 Å². The third kappa shape index (κ3) is 2.53. The second-order valence-electron chi connectivity index (χ2n) is 3.55. The quantitative estimate of drug-likeness (QED) is 0.809. The Morgan fingerprint density at radius 2 is 2.19 bits per heavy atom. The molecule has 0 unspecified atom stereocenters. The number of halogens is 1. The molecule has 0 spiro atoms. The van der Waals surface area contributed by atoms with Gasteiger partial charge in [0, 0.05) is 16.1 Å². The number of aryl methyl sites for hydroxylation is 2. The van der Waals surface area contributed by atoms with Crippen LogP contribution in [-0.2, 0) is 15.5 Å². The Hall–Kier alpha value is -0.650. The lowest BCUT2D eigenvalue weighted by Crippen LogP contribution is -2.01. The standard InChI is InChI=1S/C10H10ClNO2S2/c1-7-10-8(5-6-16(11,13)14)3-2-4-9(10)15-12-7/h2-4H,5-6H2,1H3. The summed E-state index contributed by atoms with van der Waals surface area (Å²) in [7, 11) is 1.78. The van der Waals surface area contributed by atoms with Crippen LogP contribution in [-0.4, -0.2) is 18.5 Å². The monoisotopic (exact) mass is 275 g/mol. The number of hydrogen-bond donors (Lipinski definition) is 0. The summed E-state index contributed by atoms with van der Waals surface area (Å²) in [6.45, 7) is 1.93. The Labute approximate surface area is 103 Å². The first kappa shape index (κ1) is 11.8. The first-order valence-corrected chi connectivity index (χ1v) is 7.99. The van der Waals surface area contributed by atoms with Crippen molar-refractivity contribution in [2.75, 3.05) is 5.75 Å². The van der Waals surface area contributed by atoms with Gasteiger partial charge in [0.05, 0.1) is 16.1 Å². The first-order valence-electron chi connectivity index (χ1n) is 4.73. The summed E-state index contributed by atoms with van der Waals surface area (Å²) in [6, 6.07) is 5.82. The molecule has 0 radical (unpaired) electrons. The number of nitrogens with zero attached hydrogens (tertiary/aromatic N) is 1. The molecular weight excluding hydrogens is 266 g/mol. The molecule has 2 aromatic rings. The van der Waals surface area contributed by atoms with E-state index < -0.39 is 9.05 Å². The highest BCUT2D eigenvalue weighted by atomic mass is 35.7. The van der Waals surface area contributed by atoms with Gasteiger partial charge in [-0.1, -0.05) is 12.1 Å². The van der Waals surface area contributed by atoms with Gasteiger partial charge in [-0.2, -0.15) is 4.37 Å². The number of aromatic nitrogens is 1. The molecule has 0 fully saturated rings. The third-order valence-electron chi connectivity index (χ3n) is 2.37. The van der Waals surface area contributed by atoms with E-state index in [-0.39, 0.29) is 5.75 Å². The molecule has 0 aliphatic heterocycles. The highest BCUT2D eigenvalue weighted by molar-refractivity contribution is 8.13. The first-order chi connectivity index (χ1) is 7.47. The summed E-state index contributed by atoms with van der Waals surface area (Å²) < 4.78 is 27.2. The fourth-order valence-corrected chi connectivity index (χ4v) is 3.20. The van der Waals surface area contributed by atoms with Crippen molar-refractivity contribution in [2.24, 2.45) is 0 Å². The molecule has 16 heavy (non-hydrogen) atoms. The maximum atomic E-state index is 10.9. The van der Waals surface area contributed by atoms with Gasteiger partial charge in [0.1, 0.15) is 0 Å². The van der Waals surface area contributed by atoms with Gasteiger partial charge in [0.2, 0.25) is 9.05 Å². The molecule has 0 N–H and O–H groups in total. The van der Waals surface area contributed by atoms with Gasteiger partial charge in [-0.05, 0) is 36.5 Å². The number of benzene rings is 1. The molecule has 0 amide bonds. The lowest BCUT2D eigenvalue weighted by Gasteiger charge is -2.01. The SMILES string of the molecule is Cc1nsc2cccc(CCS(=O)(=O)Cl)c12. The molecule has 0 aliphatic rings. The molecule has 1 aromatic carbocycles. The van der Waals surface area contributed by atoms with Crippen molar-refractivity contribution in [3.63, 3.8) is 0 Å². The summed E-state index contributed by atoms with van der Waals surface area (Å²) in [5, 5.41) is 1.06. The molecule has 0 atom stereocenters. The van der Waals surface area contributed by atoms with Gasteiger partial charge in [0.25, 0.3) is 0 Å². The van der Waals surface area contributed by atoms with Crippen LogP contribution in [0.15, 0.2) is 18.2 Å². The number of rotatable bonds is 3. The average molecular weight is 276 g/mol. The zero-order valence-electron chi connectivity index (χ0n) is 8.60. The van der Waals surface area contributed by atoms with E-state index in [4.69, 9.17) is 10.7 Å². The van der Waals surface area contributed by atoms with Crippen LogP contribution in [0.3, 0.4) is 0 Å². The minimum atomic E-state index is -3.43. The van der Waals surface area contributed by atoms with E-state index in [0.717, 1.165) is 21.3 Å². The molecule has 6 heteroatoms. The van der Waals surface area contributed by atoms with Gasteiger partial charge in [-0.15, -0.1) is 0 Å². The predicted molar refractivity (Wildman–Crippen MR) is 67.7 cm³/mol. The van der Waals surface area contributed by atoms with E-state index >= 15 is 0 Å². The average Bonchev–Trinajstić information content (AvgIpc) is 2.57. The molecular formula is C10H10ClNO2S2. The normalized spacial score (nSPS) is 12.1. The van der Waals surface area contributed by atoms with Crippen LogP contribution >= 0.6 is 22.2 Å². The van der Waals surface area contributed by atoms with Crippen molar-refractivity contribution >= 4 is 41.4 Å². The summed E-state index contributed by atoms with van der Waals surface area (Å²) in [5.41, 5.74) is 1.94. The number of hydrogen-bond acceptors (Lipinski definition) is 4. The zero-order chi connectivity index (χ0) is 11.8. The molecule has 0 saturated heterocycles. The van der Waals surface area contributed by atoms with E-state index in [0.29, 0.717) is 6.42 Å². The van der Waals surface area contributed by atoms with E-state index in [1.165, 1.54) is 11.5 Å². The molecule has 0 saturated carbocycles. The van der Waals surface area contributed by atoms with Crippen LogP contribution in [0.1, 0.15) is 11.3 Å². The number of fused-ring (bicyclic) bond motifs is 1. The largest absolute Gasteiger partial charge is 0.232 e. The highest BCUT2D eigenvalue weighted by Crippen LogP contribution is 2.26. The predicted octanol–water partition coefficient (Wildman–Crippen LogP) is 2.72. The molecule has 86 valence electrons. The molecule has 1 heterocycles. The topological polar surface area (TPSA) is 47.0 Å². The minimum Gasteiger partial charge on any atom is -0.212 e. The van der Waals surface area contributed by atoms with Crippen molar-refractivity contribution < 1.29 is 8.42 Å². The van der Waals surface area contributed by atoms with E-state index in [1.807, 2.05) is 25.1 Å². The van der Waals surface area contributed by atoms with Gasteiger partial charge < -0.3 is 0 Å². The molecule has 3 nitrogen and oxygen atoms in total. The summed E-state index contributed by atoms with van der Waals surface area (Å²) in [6.07, 6.45) is 0.433. The Kier molecular flexibility index (Phi) is 3.19. The van der Waals surface area contributed by atoms with Crippen molar-refractivity contribution in [1.82, 2.24) is 4.37 Å². The van der Waals surface area contributed by atoms with Gasteiger partial charge in [-0.25, -0.2) is 8.42 Å². The van der Waals surface area contributed by atoms with Gasteiger partial charge in [0.15, 0.2) is 0 Å². The van der Waals surface area contributed by atoms with Crippen LogP contribution in [0.5, 0.6) is 0 Å². The van der Waals surface area contributed by atoms with E-state index in [2.05, 4.69) is 4.37 Å². The maximum Gasteiger partial charge on any atom is 0.232 e. The summed E-state index contributed by atoms with van der Waals surface area (Å²) in [5.74, 6) is -0.0387. The lowest BCUT2D eigenvalue weighted by molar-refractivity contribution is 0.609. The smallest absolute Gasteiger partial charge is 0.212 e. The lowest BCUT2D eigenvalue weighted by atomic mass is 10.1. The van der Waals surface area contributed by atoms with Crippen LogP contribution in [0.2, 0.25) is 0 Å². The summed E-state index contributed by atoms with van der Waals surface area (Å²) in [4.78, 5) is 0. The zero-order valence-corrected chi connectivity index (χ0v) is 11.0. The maximum absolute atomic E-state index is 10.9. The second kappa shape index (κ2) is 4.31. The molecule has 1 aromatic heterocycles. The summed E-state index contributed by atoms with van der Waals surface area (Å²) >= 11 is 1.43. The van der Waals surface area contributed by atoms with Crippen molar-refractivity contribution in [3.8, 4) is 0 Å². The van der Waals surface area contributed by atoms with Crippen molar-refractivity contribution in [1.29, 1.82) is 0 Å². The van der Waals surface area contributed by atoms with Gasteiger partial charge in [-0.3, -0.25) is 0 Å². The Morgan fingerprint density at radius 1 is 1.44 bits per heavy atom. The van der Waals surface area contributed by atoms with Crippen LogP contribution < -0.4 is 0 Å². The van der Waals surface area contributed by atoms with E-state index in [9.17, 15) is 8.42 Å². The molecule has 0 bridgehead atoms.